The first-order chi connectivity index (χ1) is 9.90. The van der Waals surface area contributed by atoms with Gasteiger partial charge >= 0.3 is 6.18 Å². The van der Waals surface area contributed by atoms with Crippen molar-refractivity contribution in [3.8, 4) is 11.5 Å². The van der Waals surface area contributed by atoms with Crippen LogP contribution in [0.1, 0.15) is 11.1 Å². The highest BCUT2D eigenvalue weighted by molar-refractivity contribution is 14.1. The Labute approximate surface area is 134 Å². The van der Waals surface area contributed by atoms with Crippen molar-refractivity contribution in [2.24, 2.45) is 0 Å². The minimum Gasteiger partial charge on any atom is -0.457 e. The summed E-state index contributed by atoms with van der Waals surface area (Å²) >= 11 is 2.08. The molecule has 0 spiro atoms. The summed E-state index contributed by atoms with van der Waals surface area (Å²) in [5, 5.41) is 2.83. The summed E-state index contributed by atoms with van der Waals surface area (Å²) < 4.78 is 45.7. The van der Waals surface area contributed by atoms with E-state index in [1.54, 1.807) is 31.3 Å². The van der Waals surface area contributed by atoms with Crippen LogP contribution in [0.15, 0.2) is 42.5 Å². The first kappa shape index (κ1) is 16.1. The normalized spacial score (nSPS) is 11.5. The van der Waals surface area contributed by atoms with Gasteiger partial charge in [0, 0.05) is 10.1 Å². The molecule has 0 aromatic heterocycles. The van der Waals surface area contributed by atoms with Crippen LogP contribution >= 0.6 is 22.6 Å². The summed E-state index contributed by atoms with van der Waals surface area (Å²) in [5.41, 5.74) is -0.214. The summed E-state index contributed by atoms with van der Waals surface area (Å²) in [7, 11) is 1.68. The smallest absolute Gasteiger partial charge is 0.419 e. The van der Waals surface area contributed by atoms with Gasteiger partial charge in [0.05, 0.1) is 5.56 Å². The molecule has 0 atom stereocenters. The van der Waals surface area contributed by atoms with Gasteiger partial charge in [-0.25, -0.2) is 0 Å². The Morgan fingerprint density at radius 3 is 2.52 bits per heavy atom. The fraction of sp³-hybridized carbons (Fsp3) is 0.200. The molecule has 0 bridgehead atoms. The Bertz CT molecular complexity index is 629. The molecule has 0 heterocycles. The molecule has 6 heteroatoms. The lowest BCUT2D eigenvalue weighted by Gasteiger charge is -2.15. The molecule has 0 aliphatic carbocycles. The third kappa shape index (κ3) is 4.34. The van der Waals surface area contributed by atoms with Crippen LogP contribution in [0.5, 0.6) is 11.5 Å². The van der Waals surface area contributed by atoms with E-state index in [0.29, 0.717) is 17.9 Å². The van der Waals surface area contributed by atoms with E-state index < -0.39 is 11.7 Å². The monoisotopic (exact) mass is 407 g/mol. The van der Waals surface area contributed by atoms with E-state index in [4.69, 9.17) is 4.74 Å². The number of benzene rings is 2. The quantitative estimate of drug-likeness (QED) is 0.734. The zero-order chi connectivity index (χ0) is 15.5. The number of halogens is 4. The standard InChI is InChI=1S/C15H13F3INO/c1-20-9-10-5-6-14(13(7-10)15(16,17)18)21-12-4-2-3-11(19)8-12/h2-8,20H,9H2,1H3. The number of rotatable bonds is 4. The molecule has 1 N–H and O–H groups in total. The molecule has 0 fully saturated rings. The van der Waals surface area contributed by atoms with Crippen molar-refractivity contribution in [3.63, 3.8) is 0 Å². The average molecular weight is 407 g/mol. The van der Waals surface area contributed by atoms with Gasteiger partial charge in [0.2, 0.25) is 0 Å². The predicted octanol–water partition coefficient (Wildman–Crippen LogP) is 4.82. The summed E-state index contributed by atoms with van der Waals surface area (Å²) in [4.78, 5) is 0. The van der Waals surface area contributed by atoms with Crippen molar-refractivity contribution >= 4 is 22.6 Å². The summed E-state index contributed by atoms with van der Waals surface area (Å²) in [6, 6.07) is 11.0. The second kappa shape index (κ2) is 6.65. The van der Waals surface area contributed by atoms with Crippen molar-refractivity contribution in [3.05, 3.63) is 57.2 Å². The Hall–Kier alpha value is -1.28. The molecule has 2 aromatic carbocycles. The zero-order valence-corrected chi connectivity index (χ0v) is 13.3. The predicted molar refractivity (Wildman–Crippen MR) is 83.4 cm³/mol. The lowest BCUT2D eigenvalue weighted by Crippen LogP contribution is -2.10. The molecule has 112 valence electrons. The minimum atomic E-state index is -4.46. The number of hydrogen-bond donors (Lipinski definition) is 1. The summed E-state index contributed by atoms with van der Waals surface area (Å²) in [6.07, 6.45) is -4.46. The molecule has 0 aliphatic rings. The van der Waals surface area contributed by atoms with Crippen LogP contribution in [0, 0.1) is 3.57 Å². The van der Waals surface area contributed by atoms with Gasteiger partial charge in [-0.1, -0.05) is 12.1 Å². The van der Waals surface area contributed by atoms with Gasteiger partial charge in [-0.2, -0.15) is 13.2 Å². The van der Waals surface area contributed by atoms with E-state index >= 15 is 0 Å². The van der Waals surface area contributed by atoms with Crippen LogP contribution in [0.3, 0.4) is 0 Å². The van der Waals surface area contributed by atoms with Gasteiger partial charge in [-0.05, 0) is 65.5 Å². The number of hydrogen-bond acceptors (Lipinski definition) is 2. The van der Waals surface area contributed by atoms with Crippen LogP contribution in [-0.4, -0.2) is 7.05 Å². The van der Waals surface area contributed by atoms with Gasteiger partial charge in [-0.3, -0.25) is 0 Å². The number of ether oxygens (including phenoxy) is 1. The van der Waals surface area contributed by atoms with Crippen LogP contribution in [-0.2, 0) is 12.7 Å². The highest BCUT2D eigenvalue weighted by atomic mass is 127. The van der Waals surface area contributed by atoms with Gasteiger partial charge < -0.3 is 10.1 Å². The van der Waals surface area contributed by atoms with Crippen LogP contribution in [0.2, 0.25) is 0 Å². The minimum absolute atomic E-state index is 0.190. The van der Waals surface area contributed by atoms with E-state index in [1.807, 2.05) is 6.07 Å². The molecule has 2 rings (SSSR count). The average Bonchev–Trinajstić information content (AvgIpc) is 2.39. The molecule has 0 radical (unpaired) electrons. The van der Waals surface area contributed by atoms with Gasteiger partial charge in [-0.15, -0.1) is 0 Å². The largest absolute Gasteiger partial charge is 0.457 e. The summed E-state index contributed by atoms with van der Waals surface area (Å²) in [5.74, 6) is 0.193. The van der Waals surface area contributed by atoms with Crippen molar-refractivity contribution in [1.82, 2.24) is 5.32 Å². The molecule has 2 nitrogen and oxygen atoms in total. The van der Waals surface area contributed by atoms with E-state index in [-0.39, 0.29) is 5.75 Å². The van der Waals surface area contributed by atoms with Gasteiger partial charge in [0.25, 0.3) is 0 Å². The maximum Gasteiger partial charge on any atom is 0.419 e. The zero-order valence-electron chi connectivity index (χ0n) is 11.2. The third-order valence-corrected chi connectivity index (χ3v) is 3.43. The lowest BCUT2D eigenvalue weighted by molar-refractivity contribution is -0.138. The van der Waals surface area contributed by atoms with Crippen molar-refractivity contribution in [2.75, 3.05) is 7.05 Å². The summed E-state index contributed by atoms with van der Waals surface area (Å²) in [6.45, 7) is 0.368. The Morgan fingerprint density at radius 1 is 1.14 bits per heavy atom. The maximum absolute atomic E-state index is 13.1. The van der Waals surface area contributed by atoms with Crippen molar-refractivity contribution < 1.29 is 17.9 Å². The van der Waals surface area contributed by atoms with Gasteiger partial charge in [0.1, 0.15) is 11.5 Å². The molecular formula is C15H13F3INO. The SMILES string of the molecule is CNCc1ccc(Oc2cccc(I)c2)c(C(F)(F)F)c1. The number of alkyl halides is 3. The number of nitrogens with one attached hydrogen (secondary N) is 1. The topological polar surface area (TPSA) is 21.3 Å². The Balaban J connectivity index is 2.38. The fourth-order valence-corrected chi connectivity index (χ4v) is 2.37. The highest BCUT2D eigenvalue weighted by Crippen LogP contribution is 2.38. The maximum atomic E-state index is 13.1. The Morgan fingerprint density at radius 2 is 1.90 bits per heavy atom. The Kier molecular flexibility index (Phi) is 5.10. The molecule has 0 unspecified atom stereocenters. The fourth-order valence-electron chi connectivity index (χ4n) is 1.86. The molecule has 21 heavy (non-hydrogen) atoms. The molecule has 0 saturated heterocycles. The first-order valence-corrected chi connectivity index (χ1v) is 7.26. The van der Waals surface area contributed by atoms with Crippen molar-refractivity contribution in [1.29, 1.82) is 0 Å². The van der Waals surface area contributed by atoms with E-state index in [0.717, 1.165) is 9.64 Å². The molecule has 0 aliphatic heterocycles. The van der Waals surface area contributed by atoms with Gasteiger partial charge in [0.15, 0.2) is 0 Å². The third-order valence-electron chi connectivity index (χ3n) is 2.75. The first-order valence-electron chi connectivity index (χ1n) is 6.18. The van der Waals surface area contributed by atoms with E-state index in [9.17, 15) is 13.2 Å². The van der Waals surface area contributed by atoms with Crippen molar-refractivity contribution in [2.45, 2.75) is 12.7 Å². The van der Waals surface area contributed by atoms with Crippen LogP contribution in [0.4, 0.5) is 13.2 Å². The second-order valence-corrected chi connectivity index (χ2v) is 5.66. The van der Waals surface area contributed by atoms with Crippen LogP contribution < -0.4 is 10.1 Å². The molecule has 0 saturated carbocycles. The molecule has 2 aromatic rings. The molecular weight excluding hydrogens is 394 g/mol. The highest BCUT2D eigenvalue weighted by Gasteiger charge is 2.34. The van der Waals surface area contributed by atoms with E-state index in [2.05, 4.69) is 27.9 Å². The van der Waals surface area contributed by atoms with E-state index in [1.165, 1.54) is 6.07 Å². The second-order valence-electron chi connectivity index (χ2n) is 4.42. The van der Waals surface area contributed by atoms with Crippen LogP contribution in [0.25, 0.3) is 0 Å². The molecule has 0 amide bonds. The lowest BCUT2D eigenvalue weighted by atomic mass is 10.1.